The van der Waals surface area contributed by atoms with E-state index in [-0.39, 0.29) is 30.5 Å². The third-order valence-corrected chi connectivity index (χ3v) is 8.97. The van der Waals surface area contributed by atoms with Crippen LogP contribution in [-0.2, 0) is 39.0 Å². The van der Waals surface area contributed by atoms with E-state index in [1.54, 1.807) is 30.3 Å². The van der Waals surface area contributed by atoms with Gasteiger partial charge in [-0.05, 0) is 48.6 Å². The van der Waals surface area contributed by atoms with E-state index in [0.717, 1.165) is 60.2 Å². The normalized spacial score (nSPS) is 14.6. The molecule has 0 spiro atoms. The quantitative estimate of drug-likeness (QED) is 0.311. The van der Waals surface area contributed by atoms with E-state index in [4.69, 9.17) is 0 Å². The third kappa shape index (κ3) is 8.41. The molecule has 3 aromatic carbocycles. The summed E-state index contributed by atoms with van der Waals surface area (Å²) in [5.74, 6) is -1.42. The van der Waals surface area contributed by atoms with Crippen LogP contribution in [0, 0.1) is 5.82 Å². The highest BCUT2D eigenvalue weighted by molar-refractivity contribution is 7.92. The summed E-state index contributed by atoms with van der Waals surface area (Å²) in [5, 5.41) is 3.14. The van der Waals surface area contributed by atoms with Crippen molar-refractivity contribution < 1.29 is 22.4 Å². The van der Waals surface area contributed by atoms with E-state index >= 15 is 0 Å². The second-order valence-electron chi connectivity index (χ2n) is 11.0. The molecule has 0 aliphatic heterocycles. The summed E-state index contributed by atoms with van der Waals surface area (Å²) in [4.78, 5) is 29.4. The van der Waals surface area contributed by atoms with Crippen LogP contribution in [0.2, 0.25) is 0 Å². The van der Waals surface area contributed by atoms with Gasteiger partial charge in [0.1, 0.15) is 18.4 Å². The minimum absolute atomic E-state index is 0.000431. The molecule has 0 unspecified atom stereocenters. The van der Waals surface area contributed by atoms with E-state index < -0.39 is 34.3 Å². The van der Waals surface area contributed by atoms with E-state index in [9.17, 15) is 22.4 Å². The number of nitrogens with one attached hydrogen (secondary N) is 1. The second kappa shape index (κ2) is 14.4. The van der Waals surface area contributed by atoms with Crippen LogP contribution in [-0.4, -0.2) is 50.0 Å². The number of carbonyl (C=O) groups excluding carboxylic acids is 2. The fraction of sp³-hybridized carbons (Fsp3) is 0.394. The fourth-order valence-electron chi connectivity index (χ4n) is 5.42. The van der Waals surface area contributed by atoms with Crippen molar-refractivity contribution in [2.24, 2.45) is 0 Å². The lowest BCUT2D eigenvalue weighted by Crippen LogP contribution is -2.55. The van der Waals surface area contributed by atoms with Gasteiger partial charge in [-0.3, -0.25) is 13.9 Å². The number of benzene rings is 3. The number of carbonyl (C=O) groups is 2. The highest BCUT2D eigenvalue weighted by Crippen LogP contribution is 2.23. The Balaban J connectivity index is 1.72. The van der Waals surface area contributed by atoms with Gasteiger partial charge in [-0.15, -0.1) is 0 Å². The minimum Gasteiger partial charge on any atom is -0.352 e. The number of rotatable bonds is 12. The largest absolute Gasteiger partial charge is 0.352 e. The van der Waals surface area contributed by atoms with Crippen LogP contribution < -0.4 is 9.62 Å². The first-order chi connectivity index (χ1) is 20.2. The van der Waals surface area contributed by atoms with Crippen LogP contribution in [0.1, 0.15) is 55.7 Å². The van der Waals surface area contributed by atoms with Crippen molar-refractivity contribution in [3.05, 3.63) is 101 Å². The van der Waals surface area contributed by atoms with Gasteiger partial charge in [0.2, 0.25) is 21.8 Å². The van der Waals surface area contributed by atoms with Crippen LogP contribution in [0.15, 0.2) is 78.9 Å². The third-order valence-electron chi connectivity index (χ3n) is 7.83. The number of anilines is 1. The molecule has 1 aliphatic carbocycles. The number of aryl methyl sites for hydroxylation is 1. The Bertz CT molecular complexity index is 1440. The number of hydrogen-bond acceptors (Lipinski definition) is 4. The molecule has 1 N–H and O–H groups in total. The second-order valence-corrected chi connectivity index (χ2v) is 12.9. The molecule has 0 aromatic heterocycles. The standard InChI is InChI=1S/C33H40FN3O4S/c1-3-25-18-20-29(21-19-25)37(42(2,40)41)24-32(38)36(23-27-14-10-11-17-30(27)34)31(22-26-12-6-4-7-13-26)33(39)35-28-15-8-5-9-16-28/h4,6-7,10-14,17-21,28,31H,3,5,8-9,15-16,22-24H2,1-2H3,(H,35,39)/t31-/m1/s1. The molecule has 1 saturated carbocycles. The van der Waals surface area contributed by atoms with Gasteiger partial charge in [0.05, 0.1) is 11.9 Å². The molecule has 0 radical (unpaired) electrons. The number of nitrogens with zero attached hydrogens (tertiary/aromatic N) is 2. The number of halogens is 1. The predicted molar refractivity (Wildman–Crippen MR) is 164 cm³/mol. The predicted octanol–water partition coefficient (Wildman–Crippen LogP) is 5.24. The topological polar surface area (TPSA) is 86.8 Å². The molecule has 224 valence electrons. The lowest BCUT2D eigenvalue weighted by Gasteiger charge is -2.35. The first-order valence-corrected chi connectivity index (χ1v) is 16.4. The van der Waals surface area contributed by atoms with Gasteiger partial charge in [0.15, 0.2) is 0 Å². The van der Waals surface area contributed by atoms with Crippen LogP contribution in [0.4, 0.5) is 10.1 Å². The Labute approximate surface area is 248 Å². The first kappa shape index (κ1) is 31.2. The van der Waals surface area contributed by atoms with Gasteiger partial charge in [-0.25, -0.2) is 12.8 Å². The monoisotopic (exact) mass is 593 g/mol. The molecule has 1 atom stereocenters. The molecule has 42 heavy (non-hydrogen) atoms. The average molecular weight is 594 g/mol. The Morgan fingerprint density at radius 3 is 2.17 bits per heavy atom. The fourth-order valence-corrected chi connectivity index (χ4v) is 6.27. The van der Waals surface area contributed by atoms with Crippen molar-refractivity contribution in [3.63, 3.8) is 0 Å². The minimum atomic E-state index is -3.86. The van der Waals surface area contributed by atoms with Crippen LogP contribution in [0.3, 0.4) is 0 Å². The summed E-state index contributed by atoms with van der Waals surface area (Å²) in [7, 11) is -3.86. The van der Waals surface area contributed by atoms with Crippen LogP contribution in [0.25, 0.3) is 0 Å². The molecule has 1 fully saturated rings. The zero-order valence-corrected chi connectivity index (χ0v) is 25.2. The highest BCUT2D eigenvalue weighted by Gasteiger charge is 2.34. The van der Waals surface area contributed by atoms with Crippen molar-refractivity contribution in [1.29, 1.82) is 0 Å². The molecular weight excluding hydrogens is 553 g/mol. The summed E-state index contributed by atoms with van der Waals surface area (Å²) >= 11 is 0. The van der Waals surface area contributed by atoms with Crippen molar-refractivity contribution in [2.45, 2.75) is 70.5 Å². The zero-order chi connectivity index (χ0) is 30.1. The average Bonchev–Trinajstić information content (AvgIpc) is 2.99. The summed E-state index contributed by atoms with van der Waals surface area (Å²) in [6.45, 7) is 1.28. The first-order valence-electron chi connectivity index (χ1n) is 14.6. The van der Waals surface area contributed by atoms with Gasteiger partial charge in [0, 0.05) is 24.6 Å². The molecule has 4 rings (SSSR count). The van der Waals surface area contributed by atoms with Gasteiger partial charge in [-0.1, -0.05) is 86.8 Å². The summed E-state index contributed by atoms with van der Waals surface area (Å²) in [6, 6.07) is 21.5. The van der Waals surface area contributed by atoms with E-state index in [1.807, 2.05) is 49.4 Å². The lowest BCUT2D eigenvalue weighted by molar-refractivity contribution is -0.140. The number of hydrogen-bond donors (Lipinski definition) is 1. The molecule has 1 aliphatic rings. The summed E-state index contributed by atoms with van der Waals surface area (Å²) < 4.78 is 41.8. The molecule has 3 aromatic rings. The van der Waals surface area contributed by atoms with Crippen LogP contribution >= 0.6 is 0 Å². The Morgan fingerprint density at radius 1 is 0.905 bits per heavy atom. The summed E-state index contributed by atoms with van der Waals surface area (Å²) in [6.07, 6.45) is 6.92. The Kier molecular flexibility index (Phi) is 10.7. The molecule has 7 nitrogen and oxygen atoms in total. The molecule has 0 saturated heterocycles. The van der Waals surface area contributed by atoms with Crippen LogP contribution in [0.5, 0.6) is 0 Å². The van der Waals surface area contributed by atoms with Crippen molar-refractivity contribution in [3.8, 4) is 0 Å². The maximum absolute atomic E-state index is 14.9. The number of amides is 2. The Hall–Kier alpha value is -3.72. The lowest BCUT2D eigenvalue weighted by atomic mass is 9.94. The van der Waals surface area contributed by atoms with Crippen molar-refractivity contribution in [2.75, 3.05) is 17.1 Å². The smallest absolute Gasteiger partial charge is 0.244 e. The molecule has 9 heteroatoms. The SMILES string of the molecule is CCc1ccc(N(CC(=O)N(Cc2ccccc2F)[C@H](Cc2ccccc2)C(=O)NC2CCCCC2)S(C)(=O)=O)cc1. The van der Waals surface area contributed by atoms with Crippen molar-refractivity contribution in [1.82, 2.24) is 10.2 Å². The zero-order valence-electron chi connectivity index (χ0n) is 24.3. The highest BCUT2D eigenvalue weighted by atomic mass is 32.2. The molecular formula is C33H40FN3O4S. The van der Waals surface area contributed by atoms with Gasteiger partial charge in [-0.2, -0.15) is 0 Å². The molecule has 2 amide bonds. The molecule has 0 heterocycles. The molecule has 0 bridgehead atoms. The van der Waals surface area contributed by atoms with E-state index in [2.05, 4.69) is 5.32 Å². The maximum atomic E-state index is 14.9. The van der Waals surface area contributed by atoms with Crippen molar-refractivity contribution >= 4 is 27.5 Å². The Morgan fingerprint density at radius 2 is 1.55 bits per heavy atom. The number of sulfonamides is 1. The van der Waals surface area contributed by atoms with Gasteiger partial charge in [0.25, 0.3) is 0 Å². The van der Waals surface area contributed by atoms with E-state index in [0.29, 0.717) is 5.69 Å². The van der Waals surface area contributed by atoms with E-state index in [1.165, 1.54) is 11.0 Å². The maximum Gasteiger partial charge on any atom is 0.244 e. The van der Waals surface area contributed by atoms with Gasteiger partial charge < -0.3 is 10.2 Å². The summed E-state index contributed by atoms with van der Waals surface area (Å²) in [5.41, 5.74) is 2.46. The van der Waals surface area contributed by atoms with Gasteiger partial charge >= 0.3 is 0 Å².